The largest absolute Gasteiger partial charge is 0.352 e. The van der Waals surface area contributed by atoms with Crippen LogP contribution in [-0.4, -0.2) is 29.8 Å². The highest BCUT2D eigenvalue weighted by molar-refractivity contribution is 7.22. The molecular weight excluding hydrogens is 486 g/mol. The lowest BCUT2D eigenvalue weighted by Gasteiger charge is -2.32. The van der Waals surface area contributed by atoms with Crippen LogP contribution in [0.3, 0.4) is 0 Å². The number of nitrogens with zero attached hydrogens (tertiary/aromatic N) is 4. The van der Waals surface area contributed by atoms with Crippen LogP contribution in [0, 0.1) is 0 Å². The van der Waals surface area contributed by atoms with Gasteiger partial charge in [-0.1, -0.05) is 60.4 Å². The maximum absolute atomic E-state index is 5.11. The van der Waals surface area contributed by atoms with Crippen molar-refractivity contribution >= 4 is 55.6 Å². The van der Waals surface area contributed by atoms with Crippen LogP contribution in [0.1, 0.15) is 48.7 Å². The van der Waals surface area contributed by atoms with Crippen molar-refractivity contribution in [2.75, 3.05) is 23.8 Å². The van der Waals surface area contributed by atoms with E-state index in [0.29, 0.717) is 0 Å². The fourth-order valence-electron chi connectivity index (χ4n) is 4.95. The fourth-order valence-corrected chi connectivity index (χ4v) is 5.84. The van der Waals surface area contributed by atoms with E-state index < -0.39 is 0 Å². The van der Waals surface area contributed by atoms with E-state index in [1.165, 1.54) is 16.7 Å². The summed E-state index contributed by atoms with van der Waals surface area (Å²) in [5, 5.41) is 4.33. The van der Waals surface area contributed by atoms with E-state index >= 15 is 0 Å². The van der Waals surface area contributed by atoms with Crippen LogP contribution >= 0.6 is 11.3 Å². The van der Waals surface area contributed by atoms with Crippen LogP contribution < -0.4 is 10.2 Å². The Morgan fingerprint density at radius 2 is 1.82 bits per heavy atom. The summed E-state index contributed by atoms with van der Waals surface area (Å²) in [5.41, 5.74) is 10.8. The van der Waals surface area contributed by atoms with Gasteiger partial charge in [-0.15, -0.1) is 0 Å². The molecule has 0 unspecified atom stereocenters. The summed E-state index contributed by atoms with van der Waals surface area (Å²) in [6, 6.07) is 19.0. The van der Waals surface area contributed by atoms with Gasteiger partial charge >= 0.3 is 0 Å². The third-order valence-electron chi connectivity index (χ3n) is 6.85. The van der Waals surface area contributed by atoms with E-state index in [0.717, 1.165) is 74.3 Å². The number of pyridine rings is 1. The van der Waals surface area contributed by atoms with Crippen molar-refractivity contribution in [3.63, 3.8) is 0 Å². The first kappa shape index (κ1) is 25.6. The molecule has 5 rings (SSSR count). The second kappa shape index (κ2) is 10.8. The lowest BCUT2D eigenvalue weighted by Crippen LogP contribution is -2.32. The second-order valence-corrected chi connectivity index (χ2v) is 10.9. The number of aliphatic imine (C=N–C) groups is 1. The molecule has 0 saturated heterocycles. The molecule has 2 aromatic carbocycles. The maximum Gasteiger partial charge on any atom is 0.188 e. The molecule has 38 heavy (non-hydrogen) atoms. The smallest absolute Gasteiger partial charge is 0.188 e. The second-order valence-electron chi connectivity index (χ2n) is 9.85. The molecule has 0 saturated carbocycles. The highest BCUT2D eigenvalue weighted by Crippen LogP contribution is 2.33. The zero-order valence-corrected chi connectivity index (χ0v) is 23.3. The van der Waals surface area contributed by atoms with Gasteiger partial charge in [0.1, 0.15) is 5.82 Å². The van der Waals surface area contributed by atoms with E-state index in [4.69, 9.17) is 9.97 Å². The Balaban J connectivity index is 1.45. The van der Waals surface area contributed by atoms with Gasteiger partial charge in [0.25, 0.3) is 0 Å². The third kappa shape index (κ3) is 5.04. The minimum absolute atomic E-state index is 0.764. The van der Waals surface area contributed by atoms with Gasteiger partial charge in [-0.2, -0.15) is 0 Å². The molecule has 6 heteroatoms. The summed E-state index contributed by atoms with van der Waals surface area (Å²) < 4.78 is 1.16. The van der Waals surface area contributed by atoms with Crippen molar-refractivity contribution in [2.45, 2.75) is 33.7 Å². The Morgan fingerprint density at radius 3 is 2.55 bits per heavy atom. The van der Waals surface area contributed by atoms with Crippen molar-refractivity contribution < 1.29 is 0 Å². The molecule has 1 N–H and O–H groups in total. The number of benzene rings is 2. The molecule has 0 radical (unpaired) electrons. The zero-order chi connectivity index (χ0) is 26.8. The van der Waals surface area contributed by atoms with Crippen LogP contribution in [0.25, 0.3) is 27.1 Å². The summed E-state index contributed by atoms with van der Waals surface area (Å²) in [6.07, 6.45) is 2.86. The third-order valence-corrected chi connectivity index (χ3v) is 7.80. The number of fused-ring (bicyclic) bond motifs is 2. The van der Waals surface area contributed by atoms with Gasteiger partial charge in [-0.25, -0.2) is 9.97 Å². The molecule has 0 amide bonds. The first-order chi connectivity index (χ1) is 18.4. The molecule has 0 spiro atoms. The van der Waals surface area contributed by atoms with Crippen molar-refractivity contribution in [1.29, 1.82) is 0 Å². The topological polar surface area (TPSA) is 53.4 Å². The lowest BCUT2D eigenvalue weighted by atomic mass is 9.93. The van der Waals surface area contributed by atoms with E-state index in [9.17, 15) is 0 Å². The standard InChI is InChI=1S/C32H33N5S/c1-20(2)26(18-33-6)25-14-15-30(36-31(25)21(3)4)37-17-16-23-10-9-11-24(27(23)19-37)22(5)34-32-35-28-12-7-8-13-29(28)38-32/h7-15,18H,3,5,16-17,19H2,1-2,4,6H3,(H,34,35)/b33-18-. The molecule has 0 bridgehead atoms. The SMILES string of the molecule is C=C(Nc1nc2ccccc2s1)c1cccc2c1CN(c1ccc(C(/C=N\C)=C(C)C)c(C(=C)C)n1)CC2. The number of aromatic nitrogens is 2. The monoisotopic (exact) mass is 519 g/mol. The predicted molar refractivity (Wildman–Crippen MR) is 165 cm³/mol. The fraction of sp³-hybridized carbons (Fsp3) is 0.219. The van der Waals surface area contributed by atoms with Gasteiger partial charge < -0.3 is 10.2 Å². The van der Waals surface area contributed by atoms with E-state index in [1.54, 1.807) is 18.4 Å². The molecule has 3 heterocycles. The summed E-state index contributed by atoms with van der Waals surface area (Å²) in [4.78, 5) is 16.5. The molecule has 5 nitrogen and oxygen atoms in total. The molecule has 1 aliphatic heterocycles. The summed E-state index contributed by atoms with van der Waals surface area (Å²) in [7, 11) is 1.80. The van der Waals surface area contributed by atoms with E-state index in [-0.39, 0.29) is 0 Å². The van der Waals surface area contributed by atoms with Crippen LogP contribution in [0.5, 0.6) is 0 Å². The van der Waals surface area contributed by atoms with Crippen LogP contribution in [-0.2, 0) is 13.0 Å². The summed E-state index contributed by atoms with van der Waals surface area (Å²) >= 11 is 1.64. The molecule has 4 aromatic rings. The molecule has 1 aliphatic rings. The number of thiazole rings is 1. The molecule has 192 valence electrons. The van der Waals surface area contributed by atoms with Gasteiger partial charge in [-0.3, -0.25) is 4.99 Å². The van der Waals surface area contributed by atoms with Crippen molar-refractivity contribution in [2.24, 2.45) is 4.99 Å². The number of anilines is 2. The molecule has 2 aromatic heterocycles. The summed E-state index contributed by atoms with van der Waals surface area (Å²) in [6.45, 7) is 16.5. The highest BCUT2D eigenvalue weighted by Gasteiger charge is 2.23. The Labute approximate surface area is 229 Å². The first-order valence-electron chi connectivity index (χ1n) is 12.8. The Hall–Kier alpha value is -4.03. The zero-order valence-electron chi connectivity index (χ0n) is 22.5. The van der Waals surface area contributed by atoms with Crippen molar-refractivity contribution in [3.05, 3.63) is 101 Å². The number of hydrogen-bond acceptors (Lipinski definition) is 6. The number of para-hydroxylation sites is 1. The molecular formula is C32H33N5S. The van der Waals surface area contributed by atoms with E-state index in [2.05, 4.69) is 78.6 Å². The normalized spacial score (nSPS) is 13.0. The molecule has 0 fully saturated rings. The van der Waals surface area contributed by atoms with Gasteiger partial charge in [0.15, 0.2) is 5.13 Å². The quantitative estimate of drug-likeness (QED) is 0.253. The van der Waals surface area contributed by atoms with Crippen LogP contribution in [0.4, 0.5) is 10.9 Å². The van der Waals surface area contributed by atoms with Gasteiger partial charge in [0.2, 0.25) is 0 Å². The number of allylic oxidation sites excluding steroid dienone is 3. The highest BCUT2D eigenvalue weighted by atomic mass is 32.1. The summed E-state index contributed by atoms with van der Waals surface area (Å²) in [5.74, 6) is 0.957. The Kier molecular flexibility index (Phi) is 7.25. The van der Waals surface area contributed by atoms with Gasteiger partial charge in [0.05, 0.1) is 15.9 Å². The average Bonchev–Trinajstić information content (AvgIpc) is 3.33. The number of hydrogen-bond donors (Lipinski definition) is 1. The van der Waals surface area contributed by atoms with Gasteiger partial charge in [-0.05, 0) is 68.2 Å². The van der Waals surface area contributed by atoms with Crippen LogP contribution in [0.15, 0.2) is 78.3 Å². The van der Waals surface area contributed by atoms with Crippen molar-refractivity contribution in [3.8, 4) is 0 Å². The Morgan fingerprint density at radius 1 is 1.00 bits per heavy atom. The minimum atomic E-state index is 0.764. The van der Waals surface area contributed by atoms with E-state index in [1.807, 2.05) is 31.3 Å². The average molecular weight is 520 g/mol. The number of nitrogens with one attached hydrogen (secondary N) is 1. The Bertz CT molecular complexity index is 1570. The lowest BCUT2D eigenvalue weighted by molar-refractivity contribution is 0.718. The van der Waals surface area contributed by atoms with Gasteiger partial charge in [0, 0.05) is 48.7 Å². The molecule has 0 aliphatic carbocycles. The first-order valence-corrected chi connectivity index (χ1v) is 13.6. The van der Waals surface area contributed by atoms with Crippen molar-refractivity contribution in [1.82, 2.24) is 9.97 Å². The minimum Gasteiger partial charge on any atom is -0.352 e. The predicted octanol–water partition coefficient (Wildman–Crippen LogP) is 7.86. The molecule has 0 atom stereocenters. The number of rotatable bonds is 7. The maximum atomic E-state index is 5.11. The van der Waals surface area contributed by atoms with Crippen LogP contribution in [0.2, 0.25) is 0 Å².